The van der Waals surface area contributed by atoms with E-state index in [-0.39, 0.29) is 35.9 Å². The molecule has 2 unspecified atom stereocenters. The molecular formula is C16H20FNO2. The van der Waals surface area contributed by atoms with Crippen LogP contribution in [0.3, 0.4) is 0 Å². The Morgan fingerprint density at radius 3 is 2.70 bits per heavy atom. The summed E-state index contributed by atoms with van der Waals surface area (Å²) in [5.41, 5.74) is 0.349. The van der Waals surface area contributed by atoms with Gasteiger partial charge in [-0.05, 0) is 35.4 Å². The third kappa shape index (κ3) is 2.89. The number of nitrogens with one attached hydrogen (secondary N) is 1. The molecule has 1 aliphatic heterocycles. The molecule has 2 rings (SSSR count). The van der Waals surface area contributed by atoms with Gasteiger partial charge in [0.05, 0.1) is 0 Å². The fraction of sp³-hybridized carbons (Fsp3) is 0.500. The van der Waals surface area contributed by atoms with Gasteiger partial charge in [-0.2, -0.15) is 0 Å². The summed E-state index contributed by atoms with van der Waals surface area (Å²) < 4.78 is 13.3. The van der Waals surface area contributed by atoms with Crippen molar-refractivity contribution in [2.24, 2.45) is 17.3 Å². The van der Waals surface area contributed by atoms with E-state index in [1.807, 2.05) is 26.8 Å². The first-order valence-corrected chi connectivity index (χ1v) is 6.90. The van der Waals surface area contributed by atoms with Crippen LogP contribution in [0, 0.1) is 23.1 Å². The van der Waals surface area contributed by atoms with Gasteiger partial charge in [0.25, 0.3) is 0 Å². The summed E-state index contributed by atoms with van der Waals surface area (Å²) >= 11 is 0. The molecule has 1 saturated heterocycles. The first-order chi connectivity index (χ1) is 9.32. The maximum Gasteiger partial charge on any atom is 0.230 e. The van der Waals surface area contributed by atoms with Crippen molar-refractivity contribution in [1.82, 2.24) is 5.32 Å². The molecule has 1 fully saturated rings. The van der Waals surface area contributed by atoms with E-state index in [1.165, 1.54) is 12.1 Å². The molecule has 0 radical (unpaired) electrons. The lowest BCUT2D eigenvalue weighted by Crippen LogP contribution is -2.53. The first kappa shape index (κ1) is 14.7. The van der Waals surface area contributed by atoms with E-state index in [9.17, 15) is 14.0 Å². The summed E-state index contributed by atoms with van der Waals surface area (Å²) in [5, 5.41) is 2.41. The summed E-state index contributed by atoms with van der Waals surface area (Å²) in [6, 6.07) is 6.36. The van der Waals surface area contributed by atoms with Crippen LogP contribution in [-0.4, -0.2) is 11.8 Å². The van der Waals surface area contributed by atoms with E-state index >= 15 is 0 Å². The minimum Gasteiger partial charge on any atom is -0.296 e. The highest BCUT2D eigenvalue weighted by atomic mass is 19.1. The van der Waals surface area contributed by atoms with Gasteiger partial charge in [0.1, 0.15) is 5.82 Å². The van der Waals surface area contributed by atoms with Crippen LogP contribution in [-0.2, 0) is 16.0 Å². The number of rotatable bonds is 3. The number of imide groups is 1. The Morgan fingerprint density at radius 1 is 1.40 bits per heavy atom. The Balaban J connectivity index is 2.33. The fourth-order valence-corrected chi connectivity index (χ4v) is 3.45. The number of halogens is 1. The summed E-state index contributed by atoms with van der Waals surface area (Å²) in [6.07, 6.45) is 0.810. The molecule has 4 heteroatoms. The van der Waals surface area contributed by atoms with Crippen LogP contribution < -0.4 is 5.32 Å². The Kier molecular flexibility index (Phi) is 3.93. The third-order valence-electron chi connectivity index (χ3n) is 4.02. The van der Waals surface area contributed by atoms with Crippen LogP contribution in [0.4, 0.5) is 4.39 Å². The first-order valence-electron chi connectivity index (χ1n) is 6.90. The maximum absolute atomic E-state index is 13.3. The van der Waals surface area contributed by atoms with Gasteiger partial charge in [0.2, 0.25) is 11.8 Å². The van der Waals surface area contributed by atoms with Gasteiger partial charge < -0.3 is 0 Å². The molecule has 0 saturated carbocycles. The zero-order valence-electron chi connectivity index (χ0n) is 12.1. The van der Waals surface area contributed by atoms with Crippen molar-refractivity contribution in [1.29, 1.82) is 0 Å². The number of amides is 2. The smallest absolute Gasteiger partial charge is 0.230 e. The van der Waals surface area contributed by atoms with Crippen LogP contribution in [0.15, 0.2) is 24.3 Å². The van der Waals surface area contributed by atoms with Crippen molar-refractivity contribution in [2.45, 2.75) is 33.6 Å². The second-order valence-electron chi connectivity index (χ2n) is 6.27. The zero-order chi connectivity index (χ0) is 14.9. The number of piperidine rings is 1. The molecule has 0 spiro atoms. The summed E-state index contributed by atoms with van der Waals surface area (Å²) in [7, 11) is 0. The SMILES string of the molecule is CC(C)C1C(=O)NC(=O)CC1(C)Cc1cccc(F)c1. The molecule has 108 valence electrons. The standard InChI is InChI=1S/C16H20FNO2/c1-10(2)14-15(20)18-13(19)9-16(14,3)8-11-5-4-6-12(17)7-11/h4-7,10,14H,8-9H2,1-3H3,(H,18,19,20). The maximum atomic E-state index is 13.3. The average molecular weight is 277 g/mol. The van der Waals surface area contributed by atoms with Crippen LogP contribution in [0.25, 0.3) is 0 Å². The van der Waals surface area contributed by atoms with E-state index < -0.39 is 5.41 Å². The van der Waals surface area contributed by atoms with E-state index in [0.29, 0.717) is 6.42 Å². The molecule has 1 aliphatic rings. The summed E-state index contributed by atoms with van der Waals surface area (Å²) in [4.78, 5) is 23.8. The zero-order valence-corrected chi connectivity index (χ0v) is 12.1. The number of hydrogen-bond donors (Lipinski definition) is 1. The van der Waals surface area contributed by atoms with Crippen LogP contribution >= 0.6 is 0 Å². The Morgan fingerprint density at radius 2 is 2.10 bits per heavy atom. The molecule has 1 N–H and O–H groups in total. The van der Waals surface area contributed by atoms with Gasteiger partial charge in [-0.3, -0.25) is 14.9 Å². The van der Waals surface area contributed by atoms with Crippen molar-refractivity contribution in [3.63, 3.8) is 0 Å². The van der Waals surface area contributed by atoms with Gasteiger partial charge in [-0.1, -0.05) is 32.9 Å². The third-order valence-corrected chi connectivity index (χ3v) is 4.02. The molecule has 0 aliphatic carbocycles. The van der Waals surface area contributed by atoms with Gasteiger partial charge >= 0.3 is 0 Å². The molecule has 0 aromatic heterocycles. The van der Waals surface area contributed by atoms with Gasteiger partial charge in [0.15, 0.2) is 0 Å². The van der Waals surface area contributed by atoms with E-state index in [1.54, 1.807) is 6.07 Å². The molecule has 1 aromatic rings. The monoisotopic (exact) mass is 277 g/mol. The molecule has 2 atom stereocenters. The van der Waals surface area contributed by atoms with Gasteiger partial charge in [-0.15, -0.1) is 0 Å². The lowest BCUT2D eigenvalue weighted by molar-refractivity contribution is -0.145. The predicted octanol–water partition coefficient (Wildman–Crippen LogP) is 2.69. The number of carbonyl (C=O) groups excluding carboxylic acids is 2. The minimum atomic E-state index is -0.471. The fourth-order valence-electron chi connectivity index (χ4n) is 3.45. The normalized spacial score (nSPS) is 26.8. The van der Waals surface area contributed by atoms with Crippen LogP contribution in [0.1, 0.15) is 32.8 Å². The molecule has 20 heavy (non-hydrogen) atoms. The minimum absolute atomic E-state index is 0.127. The molecule has 0 bridgehead atoms. The van der Waals surface area contributed by atoms with Gasteiger partial charge in [0, 0.05) is 12.3 Å². The second kappa shape index (κ2) is 5.35. The summed E-state index contributed by atoms with van der Waals surface area (Å²) in [5.74, 6) is -0.870. The van der Waals surface area contributed by atoms with Gasteiger partial charge in [-0.25, -0.2) is 4.39 Å². The van der Waals surface area contributed by atoms with Crippen LogP contribution in [0.2, 0.25) is 0 Å². The highest BCUT2D eigenvalue weighted by Gasteiger charge is 2.46. The van der Waals surface area contributed by atoms with Crippen LogP contribution in [0.5, 0.6) is 0 Å². The lowest BCUT2D eigenvalue weighted by Gasteiger charge is -2.42. The largest absolute Gasteiger partial charge is 0.296 e. The van der Waals surface area contributed by atoms with Crippen molar-refractivity contribution in [2.75, 3.05) is 0 Å². The van der Waals surface area contributed by atoms with Crippen molar-refractivity contribution in [3.05, 3.63) is 35.6 Å². The number of benzene rings is 1. The molecule has 3 nitrogen and oxygen atoms in total. The lowest BCUT2D eigenvalue weighted by atomic mass is 9.64. The molecular weight excluding hydrogens is 257 g/mol. The highest BCUT2D eigenvalue weighted by molar-refractivity contribution is 5.99. The number of carbonyl (C=O) groups is 2. The molecule has 2 amide bonds. The Labute approximate surface area is 118 Å². The van der Waals surface area contributed by atoms with Crippen molar-refractivity contribution >= 4 is 11.8 Å². The average Bonchev–Trinajstić information content (AvgIpc) is 2.25. The van der Waals surface area contributed by atoms with E-state index in [0.717, 1.165) is 5.56 Å². The Bertz CT molecular complexity index is 541. The quantitative estimate of drug-likeness (QED) is 0.863. The van der Waals surface area contributed by atoms with Crippen molar-refractivity contribution in [3.8, 4) is 0 Å². The Hall–Kier alpha value is -1.71. The molecule has 1 aromatic carbocycles. The van der Waals surface area contributed by atoms with E-state index in [4.69, 9.17) is 0 Å². The van der Waals surface area contributed by atoms with E-state index in [2.05, 4.69) is 5.32 Å². The number of hydrogen-bond acceptors (Lipinski definition) is 2. The summed E-state index contributed by atoms with van der Waals surface area (Å²) in [6.45, 7) is 5.90. The molecule has 1 heterocycles. The highest BCUT2D eigenvalue weighted by Crippen LogP contribution is 2.41. The second-order valence-corrected chi connectivity index (χ2v) is 6.27. The topological polar surface area (TPSA) is 46.2 Å². The predicted molar refractivity (Wildman–Crippen MR) is 74.3 cm³/mol. The van der Waals surface area contributed by atoms with Crippen molar-refractivity contribution < 1.29 is 14.0 Å².